The minimum atomic E-state index is -3.47. The number of nitrogens with one attached hydrogen (secondary N) is 1. The molecule has 0 aliphatic carbocycles. The molecule has 1 aromatic carbocycles. The van der Waals surface area contributed by atoms with E-state index in [1.54, 1.807) is 26.8 Å². The number of nitrogens with zero attached hydrogens (tertiary/aromatic N) is 1. The summed E-state index contributed by atoms with van der Waals surface area (Å²) in [6, 6.07) is 1.57. The van der Waals surface area contributed by atoms with Crippen molar-refractivity contribution in [2.75, 3.05) is 12.9 Å². The van der Waals surface area contributed by atoms with Crippen molar-refractivity contribution < 1.29 is 17.9 Å². The molecule has 2 aromatic rings. The summed E-state index contributed by atoms with van der Waals surface area (Å²) < 4.78 is 32.5. The third-order valence-electron chi connectivity index (χ3n) is 5.27. The topological polar surface area (TPSA) is 98.2 Å². The van der Waals surface area contributed by atoms with Crippen LogP contribution in [0.4, 0.5) is 0 Å². The van der Waals surface area contributed by atoms with Crippen LogP contribution in [0.3, 0.4) is 0 Å². The third-order valence-corrected chi connectivity index (χ3v) is 7.39. The van der Waals surface area contributed by atoms with Crippen LogP contribution in [-0.4, -0.2) is 36.8 Å². The summed E-state index contributed by atoms with van der Waals surface area (Å²) in [6.45, 7) is 7.45. The fourth-order valence-electron chi connectivity index (χ4n) is 4.01. The van der Waals surface area contributed by atoms with Crippen molar-refractivity contribution >= 4 is 15.6 Å². The lowest BCUT2D eigenvalue weighted by atomic mass is 9.88. The average Bonchev–Trinajstić information content (AvgIpc) is 2.96. The number of hydrogen-bond donors (Lipinski definition) is 1. The van der Waals surface area contributed by atoms with Gasteiger partial charge in [-0.25, -0.2) is 8.42 Å². The summed E-state index contributed by atoms with van der Waals surface area (Å²) in [5, 5.41) is 2.77. The fraction of sp³-hybridized carbons (Fsp3) is 0.474. The molecule has 0 radical (unpaired) electrons. The highest BCUT2D eigenvalue weighted by Gasteiger charge is 2.39. The number of ketones is 1. The fourth-order valence-corrected chi connectivity index (χ4v) is 6.20. The van der Waals surface area contributed by atoms with E-state index in [4.69, 9.17) is 4.74 Å². The number of fused-ring (bicyclic) bond motifs is 1. The lowest BCUT2D eigenvalue weighted by Crippen LogP contribution is -2.31. The molecule has 146 valence electrons. The summed E-state index contributed by atoms with van der Waals surface area (Å²) in [5.74, 6) is -0.650. The number of aromatic amines is 1. The Morgan fingerprint density at radius 2 is 2.00 bits per heavy atom. The van der Waals surface area contributed by atoms with Gasteiger partial charge in [-0.1, -0.05) is 6.92 Å². The predicted molar refractivity (Wildman–Crippen MR) is 101 cm³/mol. The van der Waals surface area contributed by atoms with Gasteiger partial charge >= 0.3 is 0 Å². The normalized spacial score (nSPS) is 21.1. The van der Waals surface area contributed by atoms with Crippen LogP contribution >= 0.6 is 0 Å². The number of H-pyrrole nitrogens is 1. The molecule has 8 heteroatoms. The number of aryl methyl sites for hydroxylation is 2. The molecule has 2 heterocycles. The molecule has 27 heavy (non-hydrogen) atoms. The van der Waals surface area contributed by atoms with E-state index in [0.29, 0.717) is 28.8 Å². The van der Waals surface area contributed by atoms with Crippen molar-refractivity contribution in [2.45, 2.75) is 45.2 Å². The van der Waals surface area contributed by atoms with E-state index in [9.17, 15) is 18.0 Å². The molecule has 2 unspecified atom stereocenters. The summed E-state index contributed by atoms with van der Waals surface area (Å²) in [7, 11) is -1.93. The largest absolute Gasteiger partial charge is 0.376 e. The highest BCUT2D eigenvalue weighted by atomic mass is 32.2. The molecule has 2 atom stereocenters. The van der Waals surface area contributed by atoms with Crippen LogP contribution in [0.2, 0.25) is 0 Å². The molecular formula is C19H24N2O5S. The second-order valence-corrected chi connectivity index (χ2v) is 9.06. The van der Waals surface area contributed by atoms with Crippen molar-refractivity contribution in [2.24, 2.45) is 5.92 Å². The van der Waals surface area contributed by atoms with Crippen LogP contribution in [0.25, 0.3) is 0 Å². The standard InChI is InChI=1S/C19H24N2O5S/c1-6-21-19(23)14(8-20-21)16(22)13-7-10(2)18-15(12(13)4)17(26-5)11(3)9-27(18,24)25/h7-8,11,17,20H,6,9H2,1-5H3. The molecule has 7 nitrogen and oxygen atoms in total. The molecule has 0 spiro atoms. The van der Waals surface area contributed by atoms with E-state index >= 15 is 0 Å². The number of rotatable bonds is 4. The van der Waals surface area contributed by atoms with Gasteiger partial charge in [-0.15, -0.1) is 0 Å². The number of benzene rings is 1. The van der Waals surface area contributed by atoms with Crippen LogP contribution in [0.5, 0.6) is 0 Å². The maximum Gasteiger partial charge on any atom is 0.277 e. The number of carbonyl (C=O) groups excluding carboxylic acids is 1. The van der Waals surface area contributed by atoms with Gasteiger partial charge in [0.2, 0.25) is 0 Å². The number of carbonyl (C=O) groups is 1. The van der Waals surface area contributed by atoms with Crippen LogP contribution in [-0.2, 0) is 21.1 Å². The van der Waals surface area contributed by atoms with Gasteiger partial charge in [0.1, 0.15) is 5.56 Å². The lowest BCUT2D eigenvalue weighted by molar-refractivity contribution is 0.0602. The Kier molecular flexibility index (Phi) is 4.90. The van der Waals surface area contributed by atoms with Crippen LogP contribution in [0.1, 0.15) is 52.6 Å². The first kappa shape index (κ1) is 19.6. The van der Waals surface area contributed by atoms with E-state index in [1.807, 2.05) is 6.92 Å². The average molecular weight is 392 g/mol. The van der Waals surface area contributed by atoms with E-state index in [0.717, 1.165) is 0 Å². The SMILES string of the molecule is CCn1[nH]cc(C(=O)c2cc(C)c3c(c2C)C(OC)C(C)CS3(=O)=O)c1=O. The quantitative estimate of drug-likeness (QED) is 0.804. The Balaban J connectivity index is 2.27. The molecule has 1 aliphatic rings. The molecule has 0 bridgehead atoms. The van der Waals surface area contributed by atoms with E-state index in [2.05, 4.69) is 5.10 Å². The minimum absolute atomic E-state index is 0.00506. The number of aromatic nitrogens is 2. The van der Waals surface area contributed by atoms with Crippen molar-refractivity contribution in [1.29, 1.82) is 0 Å². The Hall–Kier alpha value is -2.19. The first-order valence-electron chi connectivity index (χ1n) is 8.86. The zero-order valence-electron chi connectivity index (χ0n) is 16.1. The minimum Gasteiger partial charge on any atom is -0.376 e. The van der Waals surface area contributed by atoms with Gasteiger partial charge < -0.3 is 9.84 Å². The molecule has 1 N–H and O–H groups in total. The summed E-state index contributed by atoms with van der Waals surface area (Å²) in [4.78, 5) is 25.7. The highest BCUT2D eigenvalue weighted by molar-refractivity contribution is 7.91. The monoisotopic (exact) mass is 392 g/mol. The lowest BCUT2D eigenvalue weighted by Gasteiger charge is -2.33. The first-order valence-corrected chi connectivity index (χ1v) is 10.5. The molecule has 0 saturated heterocycles. The zero-order valence-corrected chi connectivity index (χ0v) is 16.9. The van der Waals surface area contributed by atoms with Gasteiger partial charge in [-0.05, 0) is 38.0 Å². The summed E-state index contributed by atoms with van der Waals surface area (Å²) >= 11 is 0. The van der Waals surface area contributed by atoms with Crippen molar-refractivity contribution in [3.63, 3.8) is 0 Å². The van der Waals surface area contributed by atoms with Crippen LogP contribution in [0.15, 0.2) is 22.0 Å². The van der Waals surface area contributed by atoms with Gasteiger partial charge in [-0.3, -0.25) is 14.3 Å². The van der Waals surface area contributed by atoms with Crippen molar-refractivity contribution in [3.8, 4) is 0 Å². The van der Waals surface area contributed by atoms with Gasteiger partial charge in [0, 0.05) is 36.9 Å². The maximum atomic E-state index is 13.1. The summed E-state index contributed by atoms with van der Waals surface area (Å²) in [6.07, 6.45) is 0.976. The van der Waals surface area contributed by atoms with Gasteiger partial charge in [0.15, 0.2) is 15.6 Å². The van der Waals surface area contributed by atoms with Crippen LogP contribution in [0, 0.1) is 19.8 Å². The maximum absolute atomic E-state index is 13.1. The number of sulfone groups is 1. The first-order chi connectivity index (χ1) is 12.6. The van der Waals surface area contributed by atoms with Crippen molar-refractivity contribution in [3.05, 3.63) is 50.4 Å². The number of ether oxygens (including phenoxy) is 1. The van der Waals surface area contributed by atoms with Gasteiger partial charge in [0.05, 0.1) is 16.8 Å². The number of hydrogen-bond acceptors (Lipinski definition) is 5. The molecule has 0 saturated carbocycles. The molecule has 1 aliphatic heterocycles. The molecule has 0 amide bonds. The second kappa shape index (κ2) is 6.76. The van der Waals surface area contributed by atoms with Gasteiger partial charge in [-0.2, -0.15) is 0 Å². The Morgan fingerprint density at radius 3 is 2.56 bits per heavy atom. The van der Waals surface area contributed by atoms with E-state index < -0.39 is 21.7 Å². The molecular weight excluding hydrogens is 368 g/mol. The van der Waals surface area contributed by atoms with Crippen molar-refractivity contribution in [1.82, 2.24) is 9.78 Å². The van der Waals surface area contributed by atoms with Gasteiger partial charge in [0.25, 0.3) is 5.56 Å². The van der Waals surface area contributed by atoms with E-state index in [1.165, 1.54) is 18.0 Å². The Labute approximate surface area is 158 Å². The zero-order chi connectivity index (χ0) is 20.1. The smallest absolute Gasteiger partial charge is 0.277 e. The predicted octanol–water partition coefficient (Wildman–Crippen LogP) is 2.16. The highest BCUT2D eigenvalue weighted by Crippen LogP contribution is 2.42. The molecule has 1 aromatic heterocycles. The third kappa shape index (κ3) is 2.96. The van der Waals surface area contributed by atoms with E-state index in [-0.39, 0.29) is 27.7 Å². The molecule has 3 rings (SSSR count). The Morgan fingerprint density at radius 1 is 1.33 bits per heavy atom. The Bertz CT molecular complexity index is 1080. The second-order valence-electron chi connectivity index (χ2n) is 7.09. The summed E-state index contributed by atoms with van der Waals surface area (Å²) in [5.41, 5.74) is 1.56. The molecule has 0 fully saturated rings. The number of methoxy groups -OCH3 is 1. The van der Waals surface area contributed by atoms with Crippen LogP contribution < -0.4 is 5.56 Å².